The Labute approximate surface area is 99.1 Å². The van der Waals surface area contributed by atoms with Crippen LogP contribution in [0.15, 0.2) is 30.3 Å². The summed E-state index contributed by atoms with van der Waals surface area (Å²) in [4.78, 5) is 6.00. The molecule has 6 heteroatoms. The highest BCUT2D eigenvalue weighted by molar-refractivity contribution is 5.57. The molecule has 0 atom stereocenters. The van der Waals surface area contributed by atoms with Gasteiger partial charge in [-0.25, -0.2) is 5.10 Å². The number of hydrogen-bond acceptors (Lipinski definition) is 5. The van der Waals surface area contributed by atoms with Crippen LogP contribution in [-0.4, -0.2) is 33.4 Å². The van der Waals surface area contributed by atoms with Gasteiger partial charge in [-0.3, -0.25) is 0 Å². The van der Waals surface area contributed by atoms with E-state index in [0.717, 1.165) is 5.69 Å². The third kappa shape index (κ3) is 2.73. The van der Waals surface area contributed by atoms with E-state index in [1.165, 1.54) is 0 Å². The molecular weight excluding hydrogens is 218 g/mol. The first-order valence-corrected chi connectivity index (χ1v) is 5.42. The standard InChI is InChI=1S/C11H15N5O/c12-10-13-11(15-14-10)16(7-4-8-17)9-5-2-1-3-6-9/h1-3,5-6,17H,4,7-8H2,(H3,12,13,14,15). The number of benzene rings is 1. The van der Waals surface area contributed by atoms with Gasteiger partial charge in [-0.05, 0) is 18.6 Å². The molecule has 17 heavy (non-hydrogen) atoms. The van der Waals surface area contributed by atoms with E-state index in [-0.39, 0.29) is 12.6 Å². The molecule has 0 unspecified atom stereocenters. The molecular formula is C11H15N5O. The lowest BCUT2D eigenvalue weighted by molar-refractivity contribution is 0.290. The number of rotatable bonds is 5. The van der Waals surface area contributed by atoms with Gasteiger partial charge in [0, 0.05) is 18.8 Å². The number of aliphatic hydroxyl groups excluding tert-OH is 1. The molecule has 0 fully saturated rings. The number of anilines is 3. The number of aromatic nitrogens is 3. The molecule has 2 aromatic rings. The minimum atomic E-state index is 0.128. The third-order valence-corrected chi connectivity index (χ3v) is 2.34. The normalized spacial score (nSPS) is 10.4. The number of aliphatic hydroxyl groups is 1. The van der Waals surface area contributed by atoms with Gasteiger partial charge >= 0.3 is 0 Å². The maximum Gasteiger partial charge on any atom is 0.250 e. The Balaban J connectivity index is 2.25. The molecule has 4 N–H and O–H groups in total. The molecule has 0 spiro atoms. The average molecular weight is 233 g/mol. The summed E-state index contributed by atoms with van der Waals surface area (Å²) in [6.45, 7) is 0.765. The van der Waals surface area contributed by atoms with Crippen LogP contribution in [0.5, 0.6) is 0 Å². The molecule has 0 saturated carbocycles. The SMILES string of the molecule is Nc1nc(N(CCCO)c2ccccc2)n[nH]1. The maximum absolute atomic E-state index is 8.91. The molecule has 2 rings (SSSR count). The maximum atomic E-state index is 8.91. The van der Waals surface area contributed by atoms with Gasteiger partial charge in [-0.15, -0.1) is 5.10 Å². The van der Waals surface area contributed by atoms with Crippen molar-refractivity contribution in [3.8, 4) is 0 Å². The number of H-pyrrole nitrogens is 1. The molecule has 0 radical (unpaired) electrons. The first-order valence-electron chi connectivity index (χ1n) is 5.42. The monoisotopic (exact) mass is 233 g/mol. The molecule has 0 bridgehead atoms. The summed E-state index contributed by atoms with van der Waals surface area (Å²) in [5.74, 6) is 0.798. The van der Waals surface area contributed by atoms with Crippen molar-refractivity contribution in [3.05, 3.63) is 30.3 Å². The minimum absolute atomic E-state index is 0.128. The average Bonchev–Trinajstić information content (AvgIpc) is 2.78. The van der Waals surface area contributed by atoms with E-state index in [2.05, 4.69) is 15.2 Å². The van der Waals surface area contributed by atoms with Gasteiger partial charge in [-0.2, -0.15) is 4.98 Å². The van der Waals surface area contributed by atoms with Crippen LogP contribution in [0.3, 0.4) is 0 Å². The first-order chi connectivity index (χ1) is 8.31. The third-order valence-electron chi connectivity index (χ3n) is 2.34. The van der Waals surface area contributed by atoms with Crippen LogP contribution in [-0.2, 0) is 0 Å². The molecule has 0 saturated heterocycles. The summed E-state index contributed by atoms with van der Waals surface area (Å²) in [7, 11) is 0. The van der Waals surface area contributed by atoms with Gasteiger partial charge in [0.05, 0.1) is 0 Å². The van der Waals surface area contributed by atoms with Crippen molar-refractivity contribution in [1.29, 1.82) is 0 Å². The number of hydrogen-bond donors (Lipinski definition) is 3. The topological polar surface area (TPSA) is 91.1 Å². The Kier molecular flexibility index (Phi) is 3.56. The van der Waals surface area contributed by atoms with E-state index >= 15 is 0 Å². The number of aromatic amines is 1. The second-order valence-electron chi connectivity index (χ2n) is 3.58. The van der Waals surface area contributed by atoms with Crippen LogP contribution in [0.1, 0.15) is 6.42 Å². The summed E-state index contributed by atoms with van der Waals surface area (Å²) >= 11 is 0. The first kappa shape index (κ1) is 11.4. The fourth-order valence-electron chi connectivity index (χ4n) is 1.57. The zero-order valence-corrected chi connectivity index (χ0v) is 9.37. The number of para-hydroxylation sites is 1. The lowest BCUT2D eigenvalue weighted by Crippen LogP contribution is -2.20. The van der Waals surface area contributed by atoms with E-state index < -0.39 is 0 Å². The van der Waals surface area contributed by atoms with E-state index in [1.54, 1.807) is 0 Å². The second-order valence-corrected chi connectivity index (χ2v) is 3.58. The van der Waals surface area contributed by atoms with Gasteiger partial charge in [0.15, 0.2) is 0 Å². The van der Waals surface area contributed by atoms with Crippen molar-refractivity contribution in [2.75, 3.05) is 23.8 Å². The van der Waals surface area contributed by atoms with Crippen molar-refractivity contribution in [1.82, 2.24) is 15.2 Å². The summed E-state index contributed by atoms with van der Waals surface area (Å²) in [6.07, 6.45) is 0.642. The van der Waals surface area contributed by atoms with Crippen molar-refractivity contribution >= 4 is 17.6 Å². The van der Waals surface area contributed by atoms with Crippen LogP contribution >= 0.6 is 0 Å². The highest BCUT2D eigenvalue weighted by Crippen LogP contribution is 2.21. The Morgan fingerprint density at radius 3 is 2.65 bits per heavy atom. The molecule has 0 amide bonds. The predicted molar refractivity (Wildman–Crippen MR) is 65.9 cm³/mol. The lowest BCUT2D eigenvalue weighted by Gasteiger charge is -2.20. The van der Waals surface area contributed by atoms with Crippen molar-refractivity contribution in [3.63, 3.8) is 0 Å². The fourth-order valence-corrected chi connectivity index (χ4v) is 1.57. The van der Waals surface area contributed by atoms with Crippen LogP contribution in [0.25, 0.3) is 0 Å². The van der Waals surface area contributed by atoms with Crippen LogP contribution in [0, 0.1) is 0 Å². The second kappa shape index (κ2) is 5.31. The largest absolute Gasteiger partial charge is 0.396 e. The van der Waals surface area contributed by atoms with E-state index in [1.807, 2.05) is 35.2 Å². The zero-order valence-electron chi connectivity index (χ0n) is 9.37. The summed E-state index contributed by atoms with van der Waals surface area (Å²) in [5, 5.41) is 15.6. The molecule has 90 valence electrons. The Hall–Kier alpha value is -2.08. The molecule has 6 nitrogen and oxygen atoms in total. The number of nitrogens with two attached hydrogens (primary N) is 1. The van der Waals surface area contributed by atoms with Crippen LogP contribution in [0.4, 0.5) is 17.6 Å². The number of nitrogens with zero attached hydrogens (tertiary/aromatic N) is 3. The summed E-state index contributed by atoms with van der Waals surface area (Å²) in [6, 6.07) is 9.75. The molecule has 0 aliphatic heterocycles. The van der Waals surface area contributed by atoms with Gasteiger partial charge in [0.1, 0.15) is 0 Å². The molecule has 1 aromatic carbocycles. The van der Waals surface area contributed by atoms with Crippen LogP contribution in [0.2, 0.25) is 0 Å². The molecule has 1 aromatic heterocycles. The highest BCUT2D eigenvalue weighted by Gasteiger charge is 2.12. The Morgan fingerprint density at radius 2 is 2.06 bits per heavy atom. The Bertz CT molecular complexity index is 456. The summed E-state index contributed by atoms with van der Waals surface area (Å²) in [5.41, 5.74) is 6.49. The van der Waals surface area contributed by atoms with E-state index in [0.29, 0.717) is 18.9 Å². The smallest absolute Gasteiger partial charge is 0.250 e. The molecule has 0 aliphatic carbocycles. The minimum Gasteiger partial charge on any atom is -0.396 e. The summed E-state index contributed by atoms with van der Waals surface area (Å²) < 4.78 is 0. The quantitative estimate of drug-likeness (QED) is 0.714. The van der Waals surface area contributed by atoms with Gasteiger partial charge in [-0.1, -0.05) is 18.2 Å². The Morgan fingerprint density at radius 1 is 1.29 bits per heavy atom. The van der Waals surface area contributed by atoms with Crippen molar-refractivity contribution in [2.45, 2.75) is 6.42 Å². The molecule has 1 heterocycles. The van der Waals surface area contributed by atoms with Gasteiger partial charge in [0.25, 0.3) is 5.95 Å². The van der Waals surface area contributed by atoms with E-state index in [4.69, 9.17) is 10.8 Å². The fraction of sp³-hybridized carbons (Fsp3) is 0.273. The number of nitrogen functional groups attached to an aromatic ring is 1. The predicted octanol–water partition coefficient (Wildman–Crippen LogP) is 0.907. The van der Waals surface area contributed by atoms with Crippen LogP contribution < -0.4 is 10.6 Å². The number of nitrogens with one attached hydrogen (secondary N) is 1. The van der Waals surface area contributed by atoms with Crippen molar-refractivity contribution < 1.29 is 5.11 Å². The highest BCUT2D eigenvalue weighted by atomic mass is 16.3. The van der Waals surface area contributed by atoms with Crippen molar-refractivity contribution in [2.24, 2.45) is 0 Å². The molecule has 0 aliphatic rings. The lowest BCUT2D eigenvalue weighted by atomic mass is 10.3. The van der Waals surface area contributed by atoms with Gasteiger partial charge in [0.2, 0.25) is 5.95 Å². The van der Waals surface area contributed by atoms with E-state index in [9.17, 15) is 0 Å². The zero-order chi connectivity index (χ0) is 12.1. The van der Waals surface area contributed by atoms with Gasteiger partial charge < -0.3 is 15.7 Å².